The molecule has 0 amide bonds. The van der Waals surface area contributed by atoms with Gasteiger partial charge in [0, 0.05) is 57.1 Å². The third-order valence-corrected chi connectivity index (χ3v) is 5.54. The molecule has 0 aliphatic carbocycles. The van der Waals surface area contributed by atoms with E-state index < -0.39 is 0 Å². The lowest BCUT2D eigenvalue weighted by molar-refractivity contribution is 0.0512. The van der Waals surface area contributed by atoms with Crippen molar-refractivity contribution in [2.24, 2.45) is 0 Å². The van der Waals surface area contributed by atoms with E-state index in [4.69, 9.17) is 4.98 Å². The molecule has 1 N–H and O–H groups in total. The van der Waals surface area contributed by atoms with E-state index >= 15 is 0 Å². The minimum absolute atomic E-state index is 0.190. The first-order valence-electron chi connectivity index (χ1n) is 9.23. The summed E-state index contributed by atoms with van der Waals surface area (Å²) in [5, 5.41) is 15.1. The third kappa shape index (κ3) is 3.12. The molecule has 0 unspecified atom stereocenters. The van der Waals surface area contributed by atoms with Crippen molar-refractivity contribution in [1.82, 2.24) is 24.4 Å². The number of anilines is 1. The number of rotatable bonds is 3. The van der Waals surface area contributed by atoms with Gasteiger partial charge in [0.1, 0.15) is 5.82 Å². The van der Waals surface area contributed by atoms with Gasteiger partial charge < -0.3 is 14.9 Å². The van der Waals surface area contributed by atoms with Gasteiger partial charge in [-0.15, -0.1) is 0 Å². The van der Waals surface area contributed by atoms with Crippen LogP contribution >= 0.6 is 0 Å². The first-order valence-corrected chi connectivity index (χ1v) is 9.23. The Hall–Kier alpha value is -1.70. The summed E-state index contributed by atoms with van der Waals surface area (Å²) in [4.78, 5) is 11.8. The predicted octanol–water partition coefficient (Wildman–Crippen LogP) is 0.650. The standard InChI is InChI=1S/C18H28N6O/c1-13(2)14-10-18(24-17(20-14)4-5-19-24)23-11-15(16(25)12-23)22-8-6-21(3)7-9-22/h4-5,10,13,15-16,25H,6-9,11-12H2,1-3H3/t15-,16-/m1/s1. The molecule has 2 aliphatic heterocycles. The van der Waals surface area contributed by atoms with E-state index in [0.717, 1.165) is 49.9 Å². The lowest BCUT2D eigenvalue weighted by Crippen LogP contribution is -2.52. The number of hydrogen-bond acceptors (Lipinski definition) is 6. The van der Waals surface area contributed by atoms with E-state index in [1.165, 1.54) is 0 Å². The third-order valence-electron chi connectivity index (χ3n) is 5.54. The first kappa shape index (κ1) is 16.8. The van der Waals surface area contributed by atoms with Crippen LogP contribution in [0, 0.1) is 0 Å². The van der Waals surface area contributed by atoms with Crippen LogP contribution < -0.4 is 4.90 Å². The fourth-order valence-electron chi connectivity index (χ4n) is 3.91. The Kier molecular flexibility index (Phi) is 4.39. The summed E-state index contributed by atoms with van der Waals surface area (Å²) in [7, 11) is 2.16. The summed E-state index contributed by atoms with van der Waals surface area (Å²) in [6, 6.07) is 4.26. The molecule has 7 heteroatoms. The van der Waals surface area contributed by atoms with Gasteiger partial charge in [-0.05, 0) is 13.0 Å². The highest BCUT2D eigenvalue weighted by atomic mass is 16.3. The predicted molar refractivity (Wildman–Crippen MR) is 98.2 cm³/mol. The Balaban J connectivity index is 1.60. The van der Waals surface area contributed by atoms with Crippen molar-refractivity contribution < 1.29 is 5.11 Å². The second-order valence-electron chi connectivity index (χ2n) is 7.67. The second-order valence-corrected chi connectivity index (χ2v) is 7.67. The van der Waals surface area contributed by atoms with Crippen molar-refractivity contribution in [3.63, 3.8) is 0 Å². The van der Waals surface area contributed by atoms with Gasteiger partial charge in [0.2, 0.25) is 0 Å². The Morgan fingerprint density at radius 2 is 1.92 bits per heavy atom. The van der Waals surface area contributed by atoms with Crippen molar-refractivity contribution in [2.75, 3.05) is 51.2 Å². The second kappa shape index (κ2) is 6.55. The van der Waals surface area contributed by atoms with E-state index in [0.29, 0.717) is 12.5 Å². The quantitative estimate of drug-likeness (QED) is 0.882. The highest BCUT2D eigenvalue weighted by Gasteiger charge is 2.37. The van der Waals surface area contributed by atoms with Crippen LogP contribution in [0.25, 0.3) is 5.65 Å². The van der Waals surface area contributed by atoms with Crippen molar-refractivity contribution in [2.45, 2.75) is 31.9 Å². The van der Waals surface area contributed by atoms with E-state index in [9.17, 15) is 5.11 Å². The van der Waals surface area contributed by atoms with Crippen LogP contribution in [0.1, 0.15) is 25.5 Å². The highest BCUT2D eigenvalue weighted by Crippen LogP contribution is 2.27. The molecular formula is C18H28N6O. The molecule has 2 aromatic rings. The SMILES string of the molecule is CC(C)c1cc(N2C[C@@H](O)[C@H](N3CCN(C)CC3)C2)n2nccc2n1. The van der Waals surface area contributed by atoms with Crippen LogP contribution in [-0.2, 0) is 0 Å². The molecule has 0 spiro atoms. The fourth-order valence-corrected chi connectivity index (χ4v) is 3.91. The number of hydrogen-bond donors (Lipinski definition) is 1. The normalized spacial score (nSPS) is 26.2. The van der Waals surface area contributed by atoms with Gasteiger partial charge in [-0.1, -0.05) is 13.8 Å². The lowest BCUT2D eigenvalue weighted by Gasteiger charge is -2.37. The molecular weight excluding hydrogens is 316 g/mol. The van der Waals surface area contributed by atoms with Gasteiger partial charge in [-0.25, -0.2) is 4.98 Å². The topological polar surface area (TPSA) is 60.1 Å². The molecule has 0 radical (unpaired) electrons. The molecule has 2 aliphatic rings. The van der Waals surface area contributed by atoms with E-state index in [1.807, 2.05) is 10.6 Å². The summed E-state index contributed by atoms with van der Waals surface area (Å²) < 4.78 is 1.89. The number of β-amino-alcohol motifs (C(OH)–C–C–N with tert-alkyl or cyclic N) is 1. The number of likely N-dealkylation sites (N-methyl/N-ethyl adjacent to an activating group) is 1. The Morgan fingerprint density at radius 3 is 2.64 bits per heavy atom. The average Bonchev–Trinajstić information content (AvgIpc) is 3.21. The van der Waals surface area contributed by atoms with Gasteiger partial charge in [0.25, 0.3) is 0 Å². The zero-order valence-electron chi connectivity index (χ0n) is 15.3. The summed E-state index contributed by atoms with van der Waals surface area (Å²) in [6.45, 7) is 9.98. The minimum atomic E-state index is -0.329. The lowest BCUT2D eigenvalue weighted by atomic mass is 10.1. The van der Waals surface area contributed by atoms with Crippen LogP contribution in [-0.4, -0.2) is 88.0 Å². The Bertz CT molecular complexity index is 736. The zero-order valence-corrected chi connectivity index (χ0v) is 15.3. The zero-order chi connectivity index (χ0) is 17.6. The van der Waals surface area contributed by atoms with E-state index in [1.54, 1.807) is 6.20 Å². The number of aromatic nitrogens is 3. The van der Waals surface area contributed by atoms with Crippen molar-refractivity contribution >= 4 is 11.5 Å². The van der Waals surface area contributed by atoms with Gasteiger partial charge in [0.05, 0.1) is 18.3 Å². The van der Waals surface area contributed by atoms with Gasteiger partial charge in [0.15, 0.2) is 5.65 Å². The van der Waals surface area contributed by atoms with Crippen LogP contribution in [0.4, 0.5) is 5.82 Å². The molecule has 2 saturated heterocycles. The van der Waals surface area contributed by atoms with Crippen LogP contribution in [0.2, 0.25) is 0 Å². The van der Waals surface area contributed by atoms with Crippen LogP contribution in [0.3, 0.4) is 0 Å². The number of aliphatic hydroxyl groups excluding tert-OH is 1. The largest absolute Gasteiger partial charge is 0.390 e. The molecule has 0 saturated carbocycles. The Labute approximate surface area is 148 Å². The molecule has 7 nitrogen and oxygen atoms in total. The maximum absolute atomic E-state index is 10.7. The van der Waals surface area contributed by atoms with Crippen molar-refractivity contribution in [3.05, 3.63) is 24.0 Å². The van der Waals surface area contributed by atoms with Crippen molar-refractivity contribution in [3.8, 4) is 0 Å². The smallest absolute Gasteiger partial charge is 0.157 e. The molecule has 4 rings (SSSR count). The Morgan fingerprint density at radius 1 is 1.16 bits per heavy atom. The molecule has 136 valence electrons. The summed E-state index contributed by atoms with van der Waals surface area (Å²) in [6.07, 6.45) is 1.46. The van der Waals surface area contributed by atoms with Crippen molar-refractivity contribution in [1.29, 1.82) is 0 Å². The number of nitrogens with zero attached hydrogens (tertiary/aromatic N) is 6. The molecule has 4 heterocycles. The average molecular weight is 344 g/mol. The van der Waals surface area contributed by atoms with Gasteiger partial charge in [-0.2, -0.15) is 9.61 Å². The molecule has 25 heavy (non-hydrogen) atoms. The number of aliphatic hydroxyl groups is 1. The fraction of sp³-hybridized carbons (Fsp3) is 0.667. The van der Waals surface area contributed by atoms with Crippen LogP contribution in [0.15, 0.2) is 18.3 Å². The molecule has 2 fully saturated rings. The van der Waals surface area contributed by atoms with E-state index in [2.05, 4.69) is 46.8 Å². The van der Waals surface area contributed by atoms with Crippen LogP contribution in [0.5, 0.6) is 0 Å². The minimum Gasteiger partial charge on any atom is -0.390 e. The van der Waals surface area contributed by atoms with E-state index in [-0.39, 0.29) is 12.1 Å². The molecule has 0 bridgehead atoms. The molecule has 2 aromatic heterocycles. The maximum Gasteiger partial charge on any atom is 0.157 e. The summed E-state index contributed by atoms with van der Waals surface area (Å²) in [5.74, 6) is 1.40. The van der Waals surface area contributed by atoms with Gasteiger partial charge in [-0.3, -0.25) is 4.90 Å². The first-order chi connectivity index (χ1) is 12.0. The number of fused-ring (bicyclic) bond motifs is 1. The molecule has 2 atom stereocenters. The van der Waals surface area contributed by atoms with Gasteiger partial charge >= 0.3 is 0 Å². The number of piperazine rings is 1. The maximum atomic E-state index is 10.7. The summed E-state index contributed by atoms with van der Waals surface area (Å²) in [5.41, 5.74) is 1.94. The highest BCUT2D eigenvalue weighted by molar-refractivity contribution is 5.52. The summed E-state index contributed by atoms with van der Waals surface area (Å²) >= 11 is 0. The monoisotopic (exact) mass is 344 g/mol. The molecule has 0 aromatic carbocycles.